The van der Waals surface area contributed by atoms with E-state index in [2.05, 4.69) is 69.1 Å². The van der Waals surface area contributed by atoms with Gasteiger partial charge >= 0.3 is 0 Å². The number of nitrogens with one attached hydrogen (secondary N) is 1. The Morgan fingerprint density at radius 2 is 1.75 bits per heavy atom. The fraction of sp³-hybridized carbons (Fsp3) is 0.667. The molecule has 0 saturated carbocycles. The summed E-state index contributed by atoms with van der Waals surface area (Å²) in [6.07, 6.45) is 2.47. The first-order valence-corrected chi connectivity index (χ1v) is 8.11. The van der Waals surface area contributed by atoms with Crippen molar-refractivity contribution in [3.05, 3.63) is 24.3 Å². The van der Waals surface area contributed by atoms with Crippen molar-refractivity contribution in [1.82, 2.24) is 0 Å². The predicted molar refractivity (Wildman–Crippen MR) is 91.7 cm³/mol. The van der Waals surface area contributed by atoms with Gasteiger partial charge in [0.2, 0.25) is 0 Å². The third kappa shape index (κ3) is 6.31. The molecule has 20 heavy (non-hydrogen) atoms. The lowest BCUT2D eigenvalue weighted by atomic mass is 10.1. The van der Waals surface area contributed by atoms with Crippen molar-refractivity contribution in [2.45, 2.75) is 47.5 Å². The van der Waals surface area contributed by atoms with Gasteiger partial charge in [0.25, 0.3) is 0 Å². The molecule has 114 valence electrons. The van der Waals surface area contributed by atoms with Crippen LogP contribution in [0.5, 0.6) is 0 Å². The summed E-state index contributed by atoms with van der Waals surface area (Å²) in [5.74, 6) is 1.51. The van der Waals surface area contributed by atoms with Crippen LogP contribution in [-0.4, -0.2) is 19.6 Å². The molecule has 1 aromatic rings. The normalized spacial score (nSPS) is 11.2. The van der Waals surface area contributed by atoms with Crippen LogP contribution < -0.4 is 10.2 Å². The highest BCUT2D eigenvalue weighted by atomic mass is 15.1. The Balaban J connectivity index is 2.60. The van der Waals surface area contributed by atoms with E-state index < -0.39 is 0 Å². The first kappa shape index (κ1) is 16.9. The topological polar surface area (TPSA) is 15.3 Å². The fourth-order valence-electron chi connectivity index (χ4n) is 2.20. The molecule has 0 heterocycles. The summed E-state index contributed by atoms with van der Waals surface area (Å²) in [4.78, 5) is 2.47. The summed E-state index contributed by atoms with van der Waals surface area (Å²) in [7, 11) is 0. The molecule has 0 radical (unpaired) electrons. The second kappa shape index (κ2) is 8.89. The molecule has 2 nitrogen and oxygen atoms in total. The number of nitrogens with zero attached hydrogens (tertiary/aromatic N) is 1. The lowest BCUT2D eigenvalue weighted by molar-refractivity contribution is 0.576. The van der Waals surface area contributed by atoms with Crippen molar-refractivity contribution in [3.63, 3.8) is 0 Å². The molecular weight excluding hydrogens is 244 g/mol. The molecule has 0 spiro atoms. The van der Waals surface area contributed by atoms with Crippen LogP contribution in [0, 0.1) is 11.8 Å². The lowest BCUT2D eigenvalue weighted by Crippen LogP contribution is -2.25. The van der Waals surface area contributed by atoms with Gasteiger partial charge in [-0.15, -0.1) is 0 Å². The first-order chi connectivity index (χ1) is 9.52. The fourth-order valence-corrected chi connectivity index (χ4v) is 2.20. The molecule has 0 aliphatic heterocycles. The molecule has 0 aliphatic carbocycles. The molecule has 1 rings (SSSR count). The van der Waals surface area contributed by atoms with E-state index in [0.29, 0.717) is 0 Å². The maximum Gasteiger partial charge on any atom is 0.0386 e. The third-order valence-electron chi connectivity index (χ3n) is 3.62. The lowest BCUT2D eigenvalue weighted by Gasteiger charge is -2.24. The minimum atomic E-state index is 0.754. The Kier molecular flexibility index (Phi) is 7.50. The highest BCUT2D eigenvalue weighted by Crippen LogP contribution is 2.20. The van der Waals surface area contributed by atoms with Crippen LogP contribution in [0.15, 0.2) is 24.3 Å². The Bertz CT molecular complexity index is 371. The SMILES string of the molecule is CCN(CCC(C)C)c1cccc(NCCC(C)C)c1. The Labute approximate surface area is 125 Å². The van der Waals surface area contributed by atoms with Gasteiger partial charge in [-0.3, -0.25) is 0 Å². The summed E-state index contributed by atoms with van der Waals surface area (Å²) in [6.45, 7) is 14.6. The monoisotopic (exact) mass is 276 g/mol. The summed E-state index contributed by atoms with van der Waals surface area (Å²) < 4.78 is 0. The molecule has 0 saturated heterocycles. The van der Waals surface area contributed by atoms with Crippen LogP contribution >= 0.6 is 0 Å². The van der Waals surface area contributed by atoms with Gasteiger partial charge in [-0.25, -0.2) is 0 Å². The Morgan fingerprint density at radius 1 is 1.05 bits per heavy atom. The molecule has 0 aliphatic rings. The predicted octanol–water partition coefficient (Wildman–Crippen LogP) is 5.02. The zero-order valence-electron chi connectivity index (χ0n) is 13.9. The van der Waals surface area contributed by atoms with Gasteiger partial charge in [0.1, 0.15) is 0 Å². The van der Waals surface area contributed by atoms with Crippen LogP contribution in [0.4, 0.5) is 11.4 Å². The second-order valence-electron chi connectivity index (χ2n) is 6.42. The van der Waals surface area contributed by atoms with Crippen molar-refractivity contribution in [2.24, 2.45) is 11.8 Å². The summed E-state index contributed by atoms with van der Waals surface area (Å²) in [5, 5.41) is 3.53. The first-order valence-electron chi connectivity index (χ1n) is 8.11. The van der Waals surface area contributed by atoms with Crippen LogP contribution in [0.25, 0.3) is 0 Å². The van der Waals surface area contributed by atoms with E-state index in [0.717, 1.165) is 31.5 Å². The molecule has 0 amide bonds. The number of hydrogen-bond acceptors (Lipinski definition) is 2. The van der Waals surface area contributed by atoms with E-state index in [1.165, 1.54) is 24.2 Å². The van der Waals surface area contributed by atoms with Crippen molar-refractivity contribution >= 4 is 11.4 Å². The van der Waals surface area contributed by atoms with E-state index in [1.807, 2.05) is 0 Å². The second-order valence-corrected chi connectivity index (χ2v) is 6.42. The average Bonchev–Trinajstić information content (AvgIpc) is 2.39. The summed E-state index contributed by atoms with van der Waals surface area (Å²) in [5.41, 5.74) is 2.58. The molecule has 0 fully saturated rings. The summed E-state index contributed by atoms with van der Waals surface area (Å²) in [6, 6.07) is 8.83. The molecule has 0 atom stereocenters. The maximum atomic E-state index is 3.53. The van der Waals surface area contributed by atoms with E-state index >= 15 is 0 Å². The van der Waals surface area contributed by atoms with Gasteiger partial charge < -0.3 is 10.2 Å². The minimum Gasteiger partial charge on any atom is -0.385 e. The van der Waals surface area contributed by atoms with E-state index in [1.54, 1.807) is 0 Å². The highest BCUT2D eigenvalue weighted by Gasteiger charge is 2.06. The highest BCUT2D eigenvalue weighted by molar-refractivity contribution is 5.58. The minimum absolute atomic E-state index is 0.754. The van der Waals surface area contributed by atoms with Crippen molar-refractivity contribution in [3.8, 4) is 0 Å². The standard InChI is InChI=1S/C18H32N2/c1-6-20(13-11-16(4)5)18-9-7-8-17(14-18)19-12-10-15(2)3/h7-9,14-16,19H,6,10-13H2,1-5H3. The van der Waals surface area contributed by atoms with Gasteiger partial charge in [-0.1, -0.05) is 33.8 Å². The van der Waals surface area contributed by atoms with Gasteiger partial charge in [0.05, 0.1) is 0 Å². The molecule has 0 aromatic heterocycles. The number of anilines is 2. The zero-order valence-corrected chi connectivity index (χ0v) is 13.9. The Hall–Kier alpha value is -1.18. The van der Waals surface area contributed by atoms with Crippen LogP contribution in [0.1, 0.15) is 47.5 Å². The van der Waals surface area contributed by atoms with Crippen molar-refractivity contribution < 1.29 is 0 Å². The van der Waals surface area contributed by atoms with Gasteiger partial charge in [-0.05, 0) is 49.8 Å². The van der Waals surface area contributed by atoms with Gasteiger partial charge in [-0.2, -0.15) is 0 Å². The Morgan fingerprint density at radius 3 is 2.35 bits per heavy atom. The third-order valence-corrected chi connectivity index (χ3v) is 3.62. The molecule has 0 unspecified atom stereocenters. The van der Waals surface area contributed by atoms with E-state index in [4.69, 9.17) is 0 Å². The van der Waals surface area contributed by atoms with E-state index in [9.17, 15) is 0 Å². The largest absolute Gasteiger partial charge is 0.385 e. The van der Waals surface area contributed by atoms with Crippen LogP contribution in [0.3, 0.4) is 0 Å². The smallest absolute Gasteiger partial charge is 0.0386 e. The van der Waals surface area contributed by atoms with Crippen LogP contribution in [-0.2, 0) is 0 Å². The van der Waals surface area contributed by atoms with Gasteiger partial charge in [0.15, 0.2) is 0 Å². The number of hydrogen-bond donors (Lipinski definition) is 1. The van der Waals surface area contributed by atoms with Gasteiger partial charge in [0, 0.05) is 31.0 Å². The molecule has 1 aromatic carbocycles. The molecule has 1 N–H and O–H groups in total. The number of rotatable bonds is 9. The van der Waals surface area contributed by atoms with E-state index in [-0.39, 0.29) is 0 Å². The molecule has 2 heteroatoms. The number of benzene rings is 1. The summed E-state index contributed by atoms with van der Waals surface area (Å²) >= 11 is 0. The average molecular weight is 276 g/mol. The molecular formula is C18H32N2. The van der Waals surface area contributed by atoms with Crippen LogP contribution in [0.2, 0.25) is 0 Å². The quantitative estimate of drug-likeness (QED) is 0.681. The maximum absolute atomic E-state index is 3.53. The van der Waals surface area contributed by atoms with Crippen molar-refractivity contribution in [1.29, 1.82) is 0 Å². The molecule has 0 bridgehead atoms. The van der Waals surface area contributed by atoms with Crippen molar-refractivity contribution in [2.75, 3.05) is 29.9 Å². The zero-order chi connectivity index (χ0) is 15.0.